The first kappa shape index (κ1) is 12.9. The van der Waals surface area contributed by atoms with Gasteiger partial charge in [-0.25, -0.2) is 0 Å². The molecule has 0 spiro atoms. The zero-order valence-corrected chi connectivity index (χ0v) is 7.49. The quantitative estimate of drug-likeness (QED) is 0.667. The average Bonchev–Trinajstić information content (AvgIpc) is 1.91. The van der Waals surface area contributed by atoms with Crippen molar-refractivity contribution in [1.29, 1.82) is 5.26 Å². The van der Waals surface area contributed by atoms with Gasteiger partial charge < -0.3 is 0 Å². The molecule has 0 N–H and O–H groups in total. The van der Waals surface area contributed by atoms with Gasteiger partial charge in [-0.1, -0.05) is 30.3 Å². The van der Waals surface area contributed by atoms with Gasteiger partial charge in [0.15, 0.2) is 0 Å². The zero-order chi connectivity index (χ0) is 6.53. The van der Waals surface area contributed by atoms with Crippen LogP contribution in [0.1, 0.15) is 5.56 Å². The Bertz CT molecular complexity index is 215. The molecule has 3 heteroatoms. The molecule has 11 heavy (non-hydrogen) atoms. The summed E-state index contributed by atoms with van der Waals surface area (Å²) in [5, 5.41) is 8.27. The van der Waals surface area contributed by atoms with E-state index in [0.29, 0.717) is 6.42 Å². The van der Waals surface area contributed by atoms with Crippen molar-refractivity contribution < 1.29 is 0 Å². The minimum Gasteiger partial charge on any atom is -0.198 e. The third-order valence-electron chi connectivity index (χ3n) is 1.13. The molecule has 0 bridgehead atoms. The van der Waals surface area contributed by atoms with Crippen LogP contribution in [0.5, 0.6) is 0 Å². The van der Waals surface area contributed by atoms with Crippen LogP contribution in [0.25, 0.3) is 0 Å². The molecule has 1 rings (SSSR count). The monoisotopic (exact) mass is 189 g/mol. The van der Waals surface area contributed by atoms with Crippen LogP contribution in [0, 0.1) is 11.3 Å². The Hall–Kier alpha value is -0.710. The molecule has 1 aromatic rings. The lowest BCUT2D eigenvalue weighted by Gasteiger charge is -1.88. The van der Waals surface area contributed by atoms with E-state index < -0.39 is 0 Å². The summed E-state index contributed by atoms with van der Waals surface area (Å²) in [6.45, 7) is 0. The van der Waals surface area contributed by atoms with Crippen molar-refractivity contribution in [1.82, 2.24) is 0 Å². The molecular formula is C8H9Cl2N. The Morgan fingerprint density at radius 2 is 1.64 bits per heavy atom. The van der Waals surface area contributed by atoms with Crippen LogP contribution in [-0.2, 0) is 6.42 Å². The first-order valence-electron chi connectivity index (χ1n) is 2.84. The van der Waals surface area contributed by atoms with E-state index in [1.165, 1.54) is 0 Å². The molecule has 0 amide bonds. The van der Waals surface area contributed by atoms with E-state index in [9.17, 15) is 0 Å². The fourth-order valence-corrected chi connectivity index (χ4v) is 0.687. The number of rotatable bonds is 1. The van der Waals surface area contributed by atoms with Gasteiger partial charge in [-0.05, 0) is 5.56 Å². The van der Waals surface area contributed by atoms with Crippen molar-refractivity contribution >= 4 is 24.8 Å². The summed E-state index contributed by atoms with van der Waals surface area (Å²) in [5.74, 6) is 0. The second-order valence-corrected chi connectivity index (χ2v) is 1.82. The molecule has 1 nitrogen and oxygen atoms in total. The second kappa shape index (κ2) is 7.40. The molecule has 0 aromatic heterocycles. The number of hydrogen-bond acceptors (Lipinski definition) is 1. The van der Waals surface area contributed by atoms with Gasteiger partial charge in [0.05, 0.1) is 12.5 Å². The molecule has 0 unspecified atom stereocenters. The Labute approximate surface area is 78.9 Å². The maximum atomic E-state index is 8.27. The van der Waals surface area contributed by atoms with Gasteiger partial charge in [0.25, 0.3) is 0 Å². The standard InChI is InChI=1S/C8H7N.2ClH/c9-7-6-8-4-2-1-3-5-8;;/h1-5H,6H2;2*1H. The first-order chi connectivity index (χ1) is 4.43. The van der Waals surface area contributed by atoms with Crippen molar-refractivity contribution in [2.24, 2.45) is 0 Å². The summed E-state index contributed by atoms with van der Waals surface area (Å²) < 4.78 is 0. The Balaban J connectivity index is 0. The summed E-state index contributed by atoms with van der Waals surface area (Å²) in [6, 6.07) is 11.8. The highest BCUT2D eigenvalue weighted by atomic mass is 35.5. The van der Waals surface area contributed by atoms with Crippen molar-refractivity contribution in [2.45, 2.75) is 6.42 Å². The molecule has 0 aliphatic heterocycles. The number of nitrogens with zero attached hydrogens (tertiary/aromatic N) is 1. The molecule has 0 aliphatic carbocycles. The van der Waals surface area contributed by atoms with E-state index in [2.05, 4.69) is 6.07 Å². The van der Waals surface area contributed by atoms with E-state index >= 15 is 0 Å². The number of benzene rings is 1. The van der Waals surface area contributed by atoms with Crippen LogP contribution in [-0.4, -0.2) is 0 Å². The topological polar surface area (TPSA) is 23.8 Å². The minimum absolute atomic E-state index is 0. The van der Waals surface area contributed by atoms with Crippen LogP contribution in [0.2, 0.25) is 0 Å². The Kier molecular flexibility index (Phi) is 8.69. The Morgan fingerprint density at radius 1 is 1.09 bits per heavy atom. The van der Waals surface area contributed by atoms with Crippen LogP contribution >= 0.6 is 24.8 Å². The fourth-order valence-electron chi connectivity index (χ4n) is 0.687. The maximum Gasteiger partial charge on any atom is 0.0669 e. The number of hydrogen-bond donors (Lipinski definition) is 0. The van der Waals surface area contributed by atoms with E-state index in [1.54, 1.807) is 0 Å². The highest BCUT2D eigenvalue weighted by Gasteiger charge is 1.84. The van der Waals surface area contributed by atoms with E-state index in [-0.39, 0.29) is 24.8 Å². The molecule has 1 aromatic carbocycles. The summed E-state index contributed by atoms with van der Waals surface area (Å²) in [4.78, 5) is 0. The normalized spacial score (nSPS) is 6.82. The molecule has 0 aliphatic rings. The average molecular weight is 190 g/mol. The lowest BCUT2D eigenvalue weighted by Crippen LogP contribution is -1.76. The SMILES string of the molecule is Cl.Cl.N#CCc1ccccc1. The lowest BCUT2D eigenvalue weighted by atomic mass is 10.2. The second-order valence-electron chi connectivity index (χ2n) is 1.82. The van der Waals surface area contributed by atoms with Crippen molar-refractivity contribution in [2.75, 3.05) is 0 Å². The van der Waals surface area contributed by atoms with Gasteiger partial charge in [-0.15, -0.1) is 24.8 Å². The summed E-state index contributed by atoms with van der Waals surface area (Å²) >= 11 is 0. The van der Waals surface area contributed by atoms with Gasteiger partial charge >= 0.3 is 0 Å². The number of nitriles is 1. The van der Waals surface area contributed by atoms with E-state index in [4.69, 9.17) is 5.26 Å². The molecule has 60 valence electrons. The van der Waals surface area contributed by atoms with Gasteiger partial charge in [-0.3, -0.25) is 0 Å². The van der Waals surface area contributed by atoms with Crippen molar-refractivity contribution in [3.8, 4) is 6.07 Å². The summed E-state index contributed by atoms with van der Waals surface area (Å²) in [5.41, 5.74) is 1.08. The first-order valence-corrected chi connectivity index (χ1v) is 2.84. The fraction of sp³-hybridized carbons (Fsp3) is 0.125. The van der Waals surface area contributed by atoms with Gasteiger partial charge in [0.2, 0.25) is 0 Å². The van der Waals surface area contributed by atoms with Gasteiger partial charge in [-0.2, -0.15) is 5.26 Å². The van der Waals surface area contributed by atoms with Crippen LogP contribution in [0.15, 0.2) is 30.3 Å². The predicted octanol–water partition coefficient (Wildman–Crippen LogP) is 2.60. The summed E-state index contributed by atoms with van der Waals surface area (Å²) in [7, 11) is 0. The molecule has 0 saturated carbocycles. The highest BCUT2D eigenvalue weighted by molar-refractivity contribution is 5.85. The maximum absolute atomic E-state index is 8.27. The van der Waals surface area contributed by atoms with E-state index in [0.717, 1.165) is 5.56 Å². The highest BCUT2D eigenvalue weighted by Crippen LogP contribution is 1.96. The van der Waals surface area contributed by atoms with Gasteiger partial charge in [0, 0.05) is 0 Å². The summed E-state index contributed by atoms with van der Waals surface area (Å²) in [6.07, 6.45) is 0.515. The smallest absolute Gasteiger partial charge is 0.0669 e. The van der Waals surface area contributed by atoms with Crippen LogP contribution in [0.3, 0.4) is 0 Å². The largest absolute Gasteiger partial charge is 0.198 e. The number of halogens is 2. The van der Waals surface area contributed by atoms with Gasteiger partial charge in [0.1, 0.15) is 0 Å². The molecule has 0 atom stereocenters. The third-order valence-corrected chi connectivity index (χ3v) is 1.13. The molecule has 0 heterocycles. The molecule has 0 saturated heterocycles. The molecule has 0 radical (unpaired) electrons. The van der Waals surface area contributed by atoms with Crippen molar-refractivity contribution in [3.63, 3.8) is 0 Å². The van der Waals surface area contributed by atoms with Crippen LogP contribution in [0.4, 0.5) is 0 Å². The molecule has 0 fully saturated rings. The third kappa shape index (κ3) is 4.66. The lowest BCUT2D eigenvalue weighted by molar-refractivity contribution is 1.26. The Morgan fingerprint density at radius 3 is 2.09 bits per heavy atom. The van der Waals surface area contributed by atoms with E-state index in [1.807, 2.05) is 30.3 Å². The van der Waals surface area contributed by atoms with Crippen LogP contribution < -0.4 is 0 Å². The minimum atomic E-state index is 0. The predicted molar refractivity (Wildman–Crippen MR) is 50.3 cm³/mol. The molecular weight excluding hydrogens is 181 g/mol. The van der Waals surface area contributed by atoms with Crippen molar-refractivity contribution in [3.05, 3.63) is 35.9 Å². The zero-order valence-electron chi connectivity index (χ0n) is 5.86.